The molecule has 0 atom stereocenters. The molecule has 18 heavy (non-hydrogen) atoms. The van der Waals surface area contributed by atoms with Crippen molar-refractivity contribution < 1.29 is 5.11 Å². The van der Waals surface area contributed by atoms with Crippen molar-refractivity contribution in [3.63, 3.8) is 0 Å². The van der Waals surface area contributed by atoms with Crippen LogP contribution in [-0.4, -0.2) is 20.1 Å². The maximum atomic E-state index is 9.50. The van der Waals surface area contributed by atoms with Gasteiger partial charge in [0.05, 0.1) is 10.5 Å². The highest BCUT2D eigenvalue weighted by Gasteiger charge is 2.10. The Morgan fingerprint density at radius 2 is 2.00 bits per heavy atom. The van der Waals surface area contributed by atoms with Gasteiger partial charge in [-0.05, 0) is 37.3 Å². The van der Waals surface area contributed by atoms with Crippen LogP contribution in [0.5, 0.6) is 5.75 Å². The molecule has 1 aromatic carbocycles. The molecule has 0 aliphatic rings. The molecule has 5 heteroatoms. The lowest BCUT2D eigenvalue weighted by Crippen LogP contribution is -1.82. The molecular formula is C13H10ClN3O. The van der Waals surface area contributed by atoms with Gasteiger partial charge < -0.3 is 10.1 Å². The molecule has 2 heterocycles. The summed E-state index contributed by atoms with van der Waals surface area (Å²) in [5.41, 5.74) is 3.05. The number of aromatic amines is 1. The number of hydrogen-bond acceptors (Lipinski definition) is 3. The summed E-state index contributed by atoms with van der Waals surface area (Å²) in [5.74, 6) is 0.753. The van der Waals surface area contributed by atoms with Gasteiger partial charge in [-0.1, -0.05) is 11.6 Å². The predicted molar refractivity (Wildman–Crippen MR) is 70.7 cm³/mol. The van der Waals surface area contributed by atoms with Crippen LogP contribution < -0.4 is 0 Å². The number of pyridine rings is 1. The zero-order valence-corrected chi connectivity index (χ0v) is 10.4. The lowest BCUT2D eigenvalue weighted by Gasteiger charge is -2.00. The molecule has 0 saturated heterocycles. The Hall–Kier alpha value is -2.07. The van der Waals surface area contributed by atoms with Crippen molar-refractivity contribution in [2.75, 3.05) is 0 Å². The van der Waals surface area contributed by atoms with Crippen LogP contribution in [0.15, 0.2) is 30.3 Å². The fourth-order valence-corrected chi connectivity index (χ4v) is 2.02. The fraction of sp³-hybridized carbons (Fsp3) is 0.0769. The fourth-order valence-electron chi connectivity index (χ4n) is 1.81. The molecule has 0 radical (unpaired) electrons. The topological polar surface area (TPSA) is 61.8 Å². The largest absolute Gasteiger partial charge is 0.508 e. The Kier molecular flexibility index (Phi) is 2.45. The number of H-pyrrole nitrogens is 1. The molecule has 2 N–H and O–H groups in total. The first-order valence-corrected chi connectivity index (χ1v) is 5.83. The van der Waals surface area contributed by atoms with Crippen molar-refractivity contribution >= 4 is 22.8 Å². The lowest BCUT2D eigenvalue weighted by molar-refractivity contribution is 0.475. The SMILES string of the molecule is Cc1ccc2[nH]c(-c3cc(O)ccc3Cl)nc2n1. The van der Waals surface area contributed by atoms with Gasteiger partial charge in [0, 0.05) is 11.3 Å². The molecule has 90 valence electrons. The number of fused-ring (bicyclic) bond motifs is 1. The van der Waals surface area contributed by atoms with Gasteiger partial charge in [0.15, 0.2) is 5.65 Å². The molecule has 3 aromatic rings. The first kappa shape index (κ1) is 11.0. The molecular weight excluding hydrogens is 250 g/mol. The molecule has 3 rings (SSSR count). The van der Waals surface area contributed by atoms with E-state index in [9.17, 15) is 5.11 Å². The van der Waals surface area contributed by atoms with E-state index < -0.39 is 0 Å². The number of aromatic nitrogens is 3. The quantitative estimate of drug-likeness (QED) is 0.705. The minimum atomic E-state index is 0.152. The van der Waals surface area contributed by atoms with E-state index in [1.54, 1.807) is 12.1 Å². The Morgan fingerprint density at radius 3 is 2.83 bits per heavy atom. The van der Waals surface area contributed by atoms with Crippen LogP contribution in [0.3, 0.4) is 0 Å². The monoisotopic (exact) mass is 259 g/mol. The van der Waals surface area contributed by atoms with E-state index in [1.165, 1.54) is 6.07 Å². The van der Waals surface area contributed by atoms with Gasteiger partial charge in [-0.2, -0.15) is 0 Å². The summed E-state index contributed by atoms with van der Waals surface area (Å²) in [6.45, 7) is 1.91. The van der Waals surface area contributed by atoms with Gasteiger partial charge in [0.2, 0.25) is 0 Å². The molecule has 0 fully saturated rings. The highest BCUT2D eigenvalue weighted by Crippen LogP contribution is 2.30. The summed E-state index contributed by atoms with van der Waals surface area (Å²) in [5, 5.41) is 10.0. The number of aryl methyl sites for hydroxylation is 1. The lowest BCUT2D eigenvalue weighted by atomic mass is 10.2. The molecule has 4 nitrogen and oxygen atoms in total. The van der Waals surface area contributed by atoms with Crippen LogP contribution in [0.2, 0.25) is 5.02 Å². The number of benzene rings is 1. The van der Waals surface area contributed by atoms with Crippen LogP contribution in [-0.2, 0) is 0 Å². The zero-order valence-electron chi connectivity index (χ0n) is 9.61. The summed E-state index contributed by atoms with van der Waals surface area (Å²) in [6, 6.07) is 8.58. The second-order valence-corrected chi connectivity index (χ2v) is 4.48. The second-order valence-electron chi connectivity index (χ2n) is 4.07. The van der Waals surface area contributed by atoms with Gasteiger partial charge in [-0.25, -0.2) is 9.97 Å². The smallest absolute Gasteiger partial charge is 0.178 e. The van der Waals surface area contributed by atoms with Crippen LogP contribution in [0.1, 0.15) is 5.69 Å². The average Bonchev–Trinajstić information content (AvgIpc) is 2.74. The van der Waals surface area contributed by atoms with Crippen molar-refractivity contribution in [3.8, 4) is 17.1 Å². The number of nitrogens with one attached hydrogen (secondary N) is 1. The third-order valence-electron chi connectivity index (χ3n) is 2.69. The third kappa shape index (κ3) is 1.80. The normalized spacial score (nSPS) is 11.0. The summed E-state index contributed by atoms with van der Waals surface area (Å²) in [6.07, 6.45) is 0. The molecule has 0 saturated carbocycles. The zero-order chi connectivity index (χ0) is 12.7. The number of phenols is 1. The Labute approximate surface area is 108 Å². The van der Waals surface area contributed by atoms with Crippen molar-refractivity contribution in [1.82, 2.24) is 15.0 Å². The number of aromatic hydroxyl groups is 1. The van der Waals surface area contributed by atoms with Crippen molar-refractivity contribution in [2.45, 2.75) is 6.92 Å². The van der Waals surface area contributed by atoms with Crippen molar-refractivity contribution in [3.05, 3.63) is 41.0 Å². The van der Waals surface area contributed by atoms with Gasteiger partial charge in [-0.3, -0.25) is 0 Å². The molecule has 2 aromatic heterocycles. The summed E-state index contributed by atoms with van der Waals surface area (Å²) >= 11 is 6.10. The van der Waals surface area contributed by atoms with E-state index in [4.69, 9.17) is 11.6 Å². The first-order valence-electron chi connectivity index (χ1n) is 5.46. The number of phenolic OH excluding ortho intramolecular Hbond substituents is 1. The summed E-state index contributed by atoms with van der Waals surface area (Å²) in [7, 11) is 0. The van der Waals surface area contributed by atoms with Crippen LogP contribution in [0, 0.1) is 6.92 Å². The van der Waals surface area contributed by atoms with Crippen LogP contribution in [0.25, 0.3) is 22.6 Å². The molecule has 0 aliphatic carbocycles. The Morgan fingerprint density at radius 1 is 1.17 bits per heavy atom. The Balaban J connectivity index is 2.22. The predicted octanol–water partition coefficient (Wildman–Crippen LogP) is 3.29. The number of imidazole rings is 1. The highest BCUT2D eigenvalue weighted by atomic mass is 35.5. The number of rotatable bonds is 1. The van der Waals surface area contributed by atoms with E-state index in [0.29, 0.717) is 22.1 Å². The summed E-state index contributed by atoms with van der Waals surface area (Å²) in [4.78, 5) is 11.8. The second kappa shape index (κ2) is 3.99. The number of hydrogen-bond donors (Lipinski definition) is 2. The Bertz CT molecular complexity index is 736. The standard InChI is InChI=1S/C13H10ClN3O/c1-7-2-5-11-13(15-7)17-12(16-11)9-6-8(18)3-4-10(9)14/h2-6,18H,1H3,(H,15,16,17). The van der Waals surface area contributed by atoms with Gasteiger partial charge in [0.1, 0.15) is 11.6 Å². The van der Waals surface area contributed by atoms with E-state index in [0.717, 1.165) is 11.2 Å². The van der Waals surface area contributed by atoms with E-state index in [2.05, 4.69) is 15.0 Å². The molecule has 0 aliphatic heterocycles. The molecule has 0 spiro atoms. The minimum absolute atomic E-state index is 0.152. The minimum Gasteiger partial charge on any atom is -0.508 e. The third-order valence-corrected chi connectivity index (χ3v) is 3.02. The first-order chi connectivity index (χ1) is 8.63. The van der Waals surface area contributed by atoms with Gasteiger partial charge in [0.25, 0.3) is 0 Å². The van der Waals surface area contributed by atoms with Crippen LogP contribution >= 0.6 is 11.6 Å². The van der Waals surface area contributed by atoms with Crippen molar-refractivity contribution in [1.29, 1.82) is 0 Å². The maximum Gasteiger partial charge on any atom is 0.178 e. The number of nitrogens with zero attached hydrogens (tertiary/aromatic N) is 2. The van der Waals surface area contributed by atoms with Gasteiger partial charge in [-0.15, -0.1) is 0 Å². The summed E-state index contributed by atoms with van der Waals surface area (Å²) < 4.78 is 0. The maximum absolute atomic E-state index is 9.50. The molecule has 0 bridgehead atoms. The van der Waals surface area contributed by atoms with E-state index >= 15 is 0 Å². The van der Waals surface area contributed by atoms with E-state index in [1.807, 2.05) is 19.1 Å². The van der Waals surface area contributed by atoms with Crippen LogP contribution in [0.4, 0.5) is 0 Å². The van der Waals surface area contributed by atoms with Crippen molar-refractivity contribution in [2.24, 2.45) is 0 Å². The molecule has 0 unspecified atom stereocenters. The highest BCUT2D eigenvalue weighted by molar-refractivity contribution is 6.33. The van der Waals surface area contributed by atoms with Gasteiger partial charge >= 0.3 is 0 Å². The molecule has 0 amide bonds. The number of halogens is 1. The average molecular weight is 260 g/mol. The van der Waals surface area contributed by atoms with E-state index in [-0.39, 0.29) is 5.75 Å².